The lowest BCUT2D eigenvalue weighted by molar-refractivity contribution is -0.138. The predicted molar refractivity (Wildman–Crippen MR) is 78.0 cm³/mol. The summed E-state index contributed by atoms with van der Waals surface area (Å²) in [5.41, 5.74) is -1.55. The SMILES string of the molecule is O=C(OCCc1cnc(=O)[nH]c1)c1ccc(Br)cc1C(F)(F)F. The largest absolute Gasteiger partial charge is 0.462 e. The Labute approximate surface area is 136 Å². The van der Waals surface area contributed by atoms with Crippen LogP contribution in [0.2, 0.25) is 0 Å². The lowest BCUT2D eigenvalue weighted by Gasteiger charge is -2.12. The first-order valence-electron chi connectivity index (χ1n) is 6.35. The number of halogens is 4. The number of H-pyrrole nitrogens is 1. The molecule has 0 aliphatic rings. The summed E-state index contributed by atoms with van der Waals surface area (Å²) >= 11 is 2.94. The van der Waals surface area contributed by atoms with Gasteiger partial charge in [0.15, 0.2) is 0 Å². The van der Waals surface area contributed by atoms with Crippen molar-refractivity contribution in [2.75, 3.05) is 6.61 Å². The molecule has 2 rings (SSSR count). The van der Waals surface area contributed by atoms with Crippen LogP contribution in [-0.2, 0) is 17.3 Å². The number of carbonyl (C=O) groups excluding carboxylic acids is 1. The van der Waals surface area contributed by atoms with Crippen molar-refractivity contribution in [3.63, 3.8) is 0 Å². The third-order valence-electron chi connectivity index (χ3n) is 2.86. The van der Waals surface area contributed by atoms with E-state index in [0.717, 1.165) is 12.1 Å². The molecule has 122 valence electrons. The van der Waals surface area contributed by atoms with Crippen LogP contribution in [0.25, 0.3) is 0 Å². The van der Waals surface area contributed by atoms with Gasteiger partial charge in [-0.05, 0) is 23.8 Å². The third kappa shape index (κ3) is 4.65. The zero-order valence-electron chi connectivity index (χ0n) is 11.5. The van der Waals surface area contributed by atoms with Crippen molar-refractivity contribution in [3.05, 3.63) is 62.2 Å². The second-order valence-corrected chi connectivity index (χ2v) is 5.42. The molecule has 23 heavy (non-hydrogen) atoms. The first-order valence-corrected chi connectivity index (χ1v) is 7.14. The predicted octanol–water partition coefficient (Wildman–Crippen LogP) is 2.95. The first kappa shape index (κ1) is 17.2. The summed E-state index contributed by atoms with van der Waals surface area (Å²) in [5.74, 6) is -1.07. The topological polar surface area (TPSA) is 72.0 Å². The first-order chi connectivity index (χ1) is 10.8. The van der Waals surface area contributed by atoms with E-state index in [1.54, 1.807) is 0 Å². The molecule has 9 heteroatoms. The molecule has 1 aromatic carbocycles. The van der Waals surface area contributed by atoms with Crippen LogP contribution in [0.3, 0.4) is 0 Å². The van der Waals surface area contributed by atoms with Crippen LogP contribution in [-0.4, -0.2) is 22.5 Å². The maximum Gasteiger partial charge on any atom is 0.417 e. The highest BCUT2D eigenvalue weighted by Crippen LogP contribution is 2.34. The smallest absolute Gasteiger partial charge is 0.417 e. The molecule has 1 heterocycles. The minimum atomic E-state index is -4.67. The Balaban J connectivity index is 2.06. The second kappa shape index (κ2) is 6.95. The summed E-state index contributed by atoms with van der Waals surface area (Å²) in [5, 5.41) is 0. The van der Waals surface area contributed by atoms with E-state index < -0.39 is 29.0 Å². The van der Waals surface area contributed by atoms with Crippen LogP contribution in [0.15, 0.2) is 39.9 Å². The zero-order chi connectivity index (χ0) is 17.0. The van der Waals surface area contributed by atoms with Crippen molar-refractivity contribution in [3.8, 4) is 0 Å². The van der Waals surface area contributed by atoms with Gasteiger partial charge >= 0.3 is 17.8 Å². The van der Waals surface area contributed by atoms with Crippen LogP contribution in [0, 0.1) is 0 Å². The molecule has 0 fully saturated rings. The van der Waals surface area contributed by atoms with E-state index in [4.69, 9.17) is 4.74 Å². The number of nitrogens with one attached hydrogen (secondary N) is 1. The van der Waals surface area contributed by atoms with Crippen molar-refractivity contribution in [2.24, 2.45) is 0 Å². The molecule has 2 aromatic rings. The van der Waals surface area contributed by atoms with Crippen LogP contribution in [0.4, 0.5) is 13.2 Å². The maximum atomic E-state index is 12.9. The molecule has 0 atom stereocenters. The minimum absolute atomic E-state index is 0.139. The number of carbonyl (C=O) groups is 1. The molecule has 0 bridgehead atoms. The number of esters is 1. The molecule has 0 unspecified atom stereocenters. The van der Waals surface area contributed by atoms with Gasteiger partial charge in [0.25, 0.3) is 0 Å². The summed E-state index contributed by atoms with van der Waals surface area (Å²) in [6.45, 7) is -0.139. The Hall–Kier alpha value is -2.16. The van der Waals surface area contributed by atoms with Gasteiger partial charge < -0.3 is 9.72 Å². The Bertz CT molecular complexity index is 754. The van der Waals surface area contributed by atoms with Crippen LogP contribution in [0.5, 0.6) is 0 Å². The fourth-order valence-corrected chi connectivity index (χ4v) is 2.14. The summed E-state index contributed by atoms with van der Waals surface area (Å²) in [7, 11) is 0. The molecular weight excluding hydrogens is 381 g/mol. The number of hydrogen-bond acceptors (Lipinski definition) is 4. The zero-order valence-corrected chi connectivity index (χ0v) is 13.1. The van der Waals surface area contributed by atoms with E-state index in [1.807, 2.05) is 0 Å². The molecule has 1 N–H and O–H groups in total. The minimum Gasteiger partial charge on any atom is -0.462 e. The monoisotopic (exact) mass is 390 g/mol. The van der Waals surface area contributed by atoms with Crippen molar-refractivity contribution in [1.82, 2.24) is 9.97 Å². The van der Waals surface area contributed by atoms with Crippen LogP contribution in [0.1, 0.15) is 21.5 Å². The van der Waals surface area contributed by atoms with Crippen molar-refractivity contribution in [2.45, 2.75) is 12.6 Å². The number of alkyl halides is 3. The Morgan fingerprint density at radius 3 is 2.70 bits per heavy atom. The Morgan fingerprint density at radius 1 is 1.35 bits per heavy atom. The summed E-state index contributed by atoms with van der Waals surface area (Å²) in [6.07, 6.45) is -1.76. The van der Waals surface area contributed by atoms with E-state index in [1.165, 1.54) is 18.5 Å². The summed E-state index contributed by atoms with van der Waals surface area (Å²) < 4.78 is 43.9. The molecule has 1 aromatic heterocycles. The van der Waals surface area contributed by atoms with Gasteiger partial charge in [0.05, 0.1) is 17.7 Å². The van der Waals surface area contributed by atoms with Gasteiger partial charge in [-0.3, -0.25) is 0 Å². The Kier molecular flexibility index (Phi) is 5.19. The number of rotatable bonds is 4. The van der Waals surface area contributed by atoms with E-state index in [-0.39, 0.29) is 17.5 Å². The van der Waals surface area contributed by atoms with Gasteiger partial charge in [-0.2, -0.15) is 13.2 Å². The van der Waals surface area contributed by atoms with Gasteiger partial charge in [0, 0.05) is 23.3 Å². The lowest BCUT2D eigenvalue weighted by Crippen LogP contribution is -2.16. The molecule has 0 amide bonds. The van der Waals surface area contributed by atoms with E-state index in [2.05, 4.69) is 25.9 Å². The number of benzene rings is 1. The third-order valence-corrected chi connectivity index (χ3v) is 3.35. The van der Waals surface area contributed by atoms with Crippen LogP contribution < -0.4 is 5.69 Å². The highest BCUT2D eigenvalue weighted by atomic mass is 79.9. The fraction of sp³-hybridized carbons (Fsp3) is 0.214. The number of aromatic nitrogens is 2. The normalized spacial score (nSPS) is 11.3. The summed E-state index contributed by atoms with van der Waals surface area (Å²) in [4.78, 5) is 28.5. The molecule has 0 aliphatic carbocycles. The average molecular weight is 391 g/mol. The number of ether oxygens (including phenoxy) is 1. The van der Waals surface area contributed by atoms with Gasteiger partial charge in [-0.15, -0.1) is 0 Å². The van der Waals surface area contributed by atoms with Gasteiger partial charge in [-0.1, -0.05) is 15.9 Å². The van der Waals surface area contributed by atoms with Crippen molar-refractivity contribution >= 4 is 21.9 Å². The number of aromatic amines is 1. The van der Waals surface area contributed by atoms with Gasteiger partial charge in [0.1, 0.15) is 0 Å². The highest BCUT2D eigenvalue weighted by molar-refractivity contribution is 9.10. The Morgan fingerprint density at radius 2 is 2.09 bits per heavy atom. The molecule has 0 saturated heterocycles. The second-order valence-electron chi connectivity index (χ2n) is 4.50. The quantitative estimate of drug-likeness (QED) is 0.814. The van der Waals surface area contributed by atoms with E-state index in [0.29, 0.717) is 5.56 Å². The molecule has 0 radical (unpaired) electrons. The maximum absolute atomic E-state index is 12.9. The van der Waals surface area contributed by atoms with Crippen molar-refractivity contribution in [1.29, 1.82) is 0 Å². The van der Waals surface area contributed by atoms with Crippen LogP contribution >= 0.6 is 15.9 Å². The molecule has 0 spiro atoms. The number of hydrogen-bond donors (Lipinski definition) is 1. The highest BCUT2D eigenvalue weighted by Gasteiger charge is 2.35. The average Bonchev–Trinajstić information content (AvgIpc) is 2.48. The summed E-state index contributed by atoms with van der Waals surface area (Å²) in [6, 6.07) is 3.21. The van der Waals surface area contributed by atoms with E-state index in [9.17, 15) is 22.8 Å². The lowest BCUT2D eigenvalue weighted by atomic mass is 10.1. The standard InChI is InChI=1S/C14H10BrF3N2O3/c15-9-1-2-10(11(5-9)14(16,17)18)12(21)23-4-3-8-6-19-13(22)20-7-8/h1-2,5-7H,3-4H2,(H,19,20,22). The number of nitrogens with zero attached hydrogens (tertiary/aromatic N) is 1. The molecule has 0 aliphatic heterocycles. The van der Waals surface area contributed by atoms with Crippen molar-refractivity contribution < 1.29 is 22.7 Å². The van der Waals surface area contributed by atoms with Gasteiger partial charge in [-0.25, -0.2) is 14.6 Å². The molecule has 0 saturated carbocycles. The fourth-order valence-electron chi connectivity index (χ4n) is 1.78. The van der Waals surface area contributed by atoms with Gasteiger partial charge in [0.2, 0.25) is 0 Å². The van der Waals surface area contributed by atoms with E-state index >= 15 is 0 Å². The molecular formula is C14H10BrF3N2O3. The molecule has 5 nitrogen and oxygen atoms in total.